The molecule has 1 aliphatic carbocycles. The molecule has 0 heterocycles. The molecule has 0 unspecified atom stereocenters. The molecule has 1 fully saturated rings. The van der Waals surface area contributed by atoms with E-state index in [9.17, 15) is 34.4 Å². The first-order valence-corrected chi connectivity index (χ1v) is 14.8. The van der Waals surface area contributed by atoms with Gasteiger partial charge in [-0.05, 0) is 60.5 Å². The van der Waals surface area contributed by atoms with E-state index in [1.165, 1.54) is 42.5 Å². The molecular formula is C19H21N3NaO8S4+. The van der Waals surface area contributed by atoms with Crippen LogP contribution in [0.3, 0.4) is 0 Å². The monoisotopic (exact) mass is 570 g/mol. The van der Waals surface area contributed by atoms with Crippen LogP contribution in [0.5, 0.6) is 0 Å². The largest absolute Gasteiger partial charge is 1.00 e. The predicted molar refractivity (Wildman–Crippen MR) is 132 cm³/mol. The van der Waals surface area contributed by atoms with Gasteiger partial charge in [-0.25, -0.2) is 8.42 Å². The van der Waals surface area contributed by atoms with Crippen molar-refractivity contribution >= 4 is 71.1 Å². The molecule has 1 saturated carbocycles. The Labute approximate surface area is 231 Å². The minimum Gasteiger partial charge on any atom is -0.360 e. The van der Waals surface area contributed by atoms with Gasteiger partial charge in [0.05, 0.1) is 6.26 Å². The van der Waals surface area contributed by atoms with Crippen LogP contribution in [0.1, 0.15) is 24.0 Å². The molecule has 0 bridgehead atoms. The summed E-state index contributed by atoms with van der Waals surface area (Å²) in [4.78, 5) is -1.08. The molecule has 35 heavy (non-hydrogen) atoms. The van der Waals surface area contributed by atoms with E-state index in [1.54, 1.807) is 0 Å². The predicted octanol–water partition coefficient (Wildman–Crippen LogP) is -0.825. The number of thiocarbonyl (C=S) groups is 1. The van der Waals surface area contributed by atoms with Crippen LogP contribution in [0, 0.1) is 0 Å². The third kappa shape index (κ3) is 9.11. The zero-order valence-electron chi connectivity index (χ0n) is 18.6. The second kappa shape index (κ2) is 11.2. The van der Waals surface area contributed by atoms with Gasteiger partial charge in [0.15, 0.2) is 5.11 Å². The molecule has 2 aromatic rings. The first-order chi connectivity index (χ1) is 15.6. The normalized spacial score (nSPS) is 14.3. The Morgan fingerprint density at radius 1 is 0.886 bits per heavy atom. The van der Waals surface area contributed by atoms with Gasteiger partial charge in [0, 0.05) is 17.4 Å². The summed E-state index contributed by atoms with van der Waals surface area (Å²) in [5, 5.41) is 6.16. The van der Waals surface area contributed by atoms with Gasteiger partial charge in [0.2, 0.25) is 10.0 Å². The van der Waals surface area contributed by atoms with Crippen molar-refractivity contribution in [3.05, 3.63) is 47.5 Å². The molecule has 1 aliphatic rings. The van der Waals surface area contributed by atoms with Gasteiger partial charge in [0.25, 0.3) is 20.2 Å². The molecule has 11 nitrogen and oxygen atoms in total. The molecule has 184 valence electrons. The number of benzene rings is 2. The first-order valence-electron chi connectivity index (χ1n) is 9.58. The van der Waals surface area contributed by atoms with Crippen LogP contribution in [0.25, 0.3) is 12.2 Å². The maximum atomic E-state index is 11.9. The van der Waals surface area contributed by atoms with Crippen LogP contribution in [-0.4, -0.2) is 51.8 Å². The fraction of sp³-hybridized carbons (Fsp3) is 0.211. The summed E-state index contributed by atoms with van der Waals surface area (Å²) < 4.78 is 91.7. The summed E-state index contributed by atoms with van der Waals surface area (Å²) in [6, 6.07) is 7.73. The zero-order valence-corrected chi connectivity index (χ0v) is 23.9. The second-order valence-corrected chi connectivity index (χ2v) is 12.5. The SMILES string of the molecule is CS(=O)(=O)Nc1ccc(/C=C/c2ccc(NC(=S)NC3CC3)cc2S(=O)(=O)O)c(S(=O)(=O)O)c1.[Na+]. The summed E-state index contributed by atoms with van der Waals surface area (Å²) in [6.07, 6.45) is 5.26. The van der Waals surface area contributed by atoms with E-state index in [-0.39, 0.29) is 52.4 Å². The summed E-state index contributed by atoms with van der Waals surface area (Å²) >= 11 is 5.16. The molecule has 0 aliphatic heterocycles. The number of rotatable bonds is 8. The molecule has 0 radical (unpaired) electrons. The fourth-order valence-electron chi connectivity index (χ4n) is 2.91. The Balaban J connectivity index is 0.00000432. The van der Waals surface area contributed by atoms with Crippen molar-refractivity contribution in [3.8, 4) is 0 Å². The smallest absolute Gasteiger partial charge is 0.360 e. The summed E-state index contributed by atoms with van der Waals surface area (Å²) in [5.74, 6) is 0. The Kier molecular flexibility index (Phi) is 9.52. The third-order valence-corrected chi connectivity index (χ3v) is 7.14. The van der Waals surface area contributed by atoms with E-state index in [4.69, 9.17) is 12.2 Å². The van der Waals surface area contributed by atoms with Crippen LogP contribution in [0.15, 0.2) is 46.2 Å². The van der Waals surface area contributed by atoms with Crippen LogP contribution in [-0.2, 0) is 30.3 Å². The Morgan fingerprint density at radius 2 is 1.34 bits per heavy atom. The molecule has 5 N–H and O–H groups in total. The van der Waals surface area contributed by atoms with Gasteiger partial charge in [-0.15, -0.1) is 0 Å². The second-order valence-electron chi connectivity index (χ2n) is 7.54. The Hall–Kier alpha value is -1.56. The van der Waals surface area contributed by atoms with Gasteiger partial charge < -0.3 is 10.6 Å². The van der Waals surface area contributed by atoms with Gasteiger partial charge >= 0.3 is 29.6 Å². The molecule has 2 aromatic carbocycles. The third-order valence-electron chi connectivity index (χ3n) is 4.50. The van der Waals surface area contributed by atoms with Crippen molar-refractivity contribution in [1.29, 1.82) is 0 Å². The van der Waals surface area contributed by atoms with E-state index in [2.05, 4.69) is 15.4 Å². The number of sulfonamides is 1. The van der Waals surface area contributed by atoms with E-state index in [0.29, 0.717) is 10.8 Å². The topological polar surface area (TPSA) is 179 Å². The molecule has 3 rings (SSSR count). The zero-order chi connectivity index (χ0) is 25.3. The molecule has 0 aromatic heterocycles. The van der Waals surface area contributed by atoms with E-state index in [0.717, 1.165) is 25.2 Å². The van der Waals surface area contributed by atoms with Crippen molar-refractivity contribution in [2.45, 2.75) is 28.7 Å². The molecule has 0 spiro atoms. The van der Waals surface area contributed by atoms with Gasteiger partial charge in [0.1, 0.15) is 9.79 Å². The van der Waals surface area contributed by atoms with Crippen molar-refractivity contribution in [2.24, 2.45) is 0 Å². The quantitative estimate of drug-likeness (QED) is 0.116. The minimum absolute atomic E-state index is 0. The average molecular weight is 571 g/mol. The minimum atomic E-state index is -4.76. The average Bonchev–Trinajstić information content (AvgIpc) is 3.48. The van der Waals surface area contributed by atoms with Crippen LogP contribution in [0.2, 0.25) is 0 Å². The van der Waals surface area contributed by atoms with Gasteiger partial charge in [-0.2, -0.15) is 16.8 Å². The van der Waals surface area contributed by atoms with Gasteiger partial charge in [-0.3, -0.25) is 13.8 Å². The molecule has 16 heteroatoms. The summed E-state index contributed by atoms with van der Waals surface area (Å²) in [5.41, 5.74) is 0.170. The molecule has 0 amide bonds. The Morgan fingerprint density at radius 3 is 1.77 bits per heavy atom. The van der Waals surface area contributed by atoms with Crippen molar-refractivity contribution in [2.75, 3.05) is 16.3 Å². The molecule has 0 saturated heterocycles. The van der Waals surface area contributed by atoms with E-state index < -0.39 is 40.1 Å². The summed E-state index contributed by atoms with van der Waals surface area (Å²) in [6.45, 7) is 0. The maximum Gasteiger partial charge on any atom is 1.00 e. The maximum absolute atomic E-state index is 11.9. The standard InChI is InChI=1S/C19H21N3O8S4.Na/c1-32(23,24)22-16-7-5-13(18(11-16)34(28,29)30)3-2-12-4-6-15(10-17(12)33(25,26)27)21-19(31)20-14-8-9-14;/h2-7,10-11,14,22H,8-9H2,1H3,(H2,20,21,31)(H,25,26,27)(H,28,29,30);/q;+1/b3-2+;. The number of anilines is 2. The van der Waals surface area contributed by atoms with Crippen LogP contribution >= 0.6 is 12.2 Å². The van der Waals surface area contributed by atoms with Crippen molar-refractivity contribution in [1.82, 2.24) is 5.32 Å². The number of hydrogen-bond acceptors (Lipinski definition) is 7. The van der Waals surface area contributed by atoms with E-state index >= 15 is 0 Å². The number of hydrogen-bond donors (Lipinski definition) is 5. The molecule has 0 atom stereocenters. The first kappa shape index (κ1) is 29.7. The fourth-order valence-corrected chi connectivity index (χ4v) is 5.17. The Bertz CT molecular complexity index is 1490. The van der Waals surface area contributed by atoms with Crippen molar-refractivity contribution in [3.63, 3.8) is 0 Å². The van der Waals surface area contributed by atoms with Crippen LogP contribution in [0.4, 0.5) is 11.4 Å². The van der Waals surface area contributed by atoms with Gasteiger partial charge in [-0.1, -0.05) is 24.3 Å². The van der Waals surface area contributed by atoms with Crippen molar-refractivity contribution < 1.29 is 63.9 Å². The summed E-state index contributed by atoms with van der Waals surface area (Å²) in [7, 11) is -13.1. The van der Waals surface area contributed by atoms with E-state index in [1.807, 2.05) is 0 Å². The molecular weight excluding hydrogens is 549 g/mol. The number of nitrogens with one attached hydrogen (secondary N) is 3. The van der Waals surface area contributed by atoms with Crippen LogP contribution < -0.4 is 44.9 Å².